The van der Waals surface area contributed by atoms with E-state index in [4.69, 9.17) is 4.74 Å². The number of anilines is 1. The highest BCUT2D eigenvalue weighted by molar-refractivity contribution is 5.91. The molecule has 0 bridgehead atoms. The molecule has 0 saturated carbocycles. The Morgan fingerprint density at radius 1 is 1.24 bits per heavy atom. The summed E-state index contributed by atoms with van der Waals surface area (Å²) in [6, 6.07) is 9.34. The van der Waals surface area contributed by atoms with E-state index in [0.29, 0.717) is 6.54 Å². The van der Waals surface area contributed by atoms with E-state index >= 15 is 0 Å². The maximum absolute atomic E-state index is 12.0. The lowest BCUT2D eigenvalue weighted by Gasteiger charge is -2.15. The van der Waals surface area contributed by atoms with Crippen LogP contribution in [-0.2, 0) is 11.3 Å². The third-order valence-electron chi connectivity index (χ3n) is 4.08. The maximum Gasteiger partial charge on any atom is 0.244 e. The zero-order valence-electron chi connectivity index (χ0n) is 14.3. The molecule has 2 heterocycles. The zero-order chi connectivity index (χ0) is 17.5. The normalized spacial score (nSPS) is 14.0. The molecule has 2 aromatic rings. The number of carbonyl (C=O) groups is 1. The lowest BCUT2D eigenvalue weighted by Crippen LogP contribution is -2.23. The molecule has 0 aliphatic carbocycles. The Morgan fingerprint density at radius 2 is 2.00 bits per heavy atom. The molecule has 1 N–H and O–H groups in total. The second kappa shape index (κ2) is 8.28. The van der Waals surface area contributed by atoms with Crippen LogP contribution in [0.1, 0.15) is 24.1 Å². The molecule has 6 nitrogen and oxygen atoms in total. The first-order chi connectivity index (χ1) is 12.2. The van der Waals surface area contributed by atoms with Gasteiger partial charge in [0.05, 0.1) is 19.3 Å². The number of amides is 1. The molecule has 6 heteroatoms. The Morgan fingerprint density at radius 3 is 2.72 bits per heavy atom. The first-order valence-corrected chi connectivity index (χ1v) is 8.41. The van der Waals surface area contributed by atoms with Crippen LogP contribution in [0.5, 0.6) is 5.75 Å². The van der Waals surface area contributed by atoms with Crippen LogP contribution < -0.4 is 15.0 Å². The van der Waals surface area contributed by atoms with Gasteiger partial charge in [0, 0.05) is 25.4 Å². The highest BCUT2D eigenvalue weighted by Crippen LogP contribution is 2.15. The molecule has 1 fully saturated rings. The molecule has 0 unspecified atom stereocenters. The predicted molar refractivity (Wildman–Crippen MR) is 97.4 cm³/mol. The smallest absolute Gasteiger partial charge is 0.244 e. The van der Waals surface area contributed by atoms with Gasteiger partial charge in [-0.2, -0.15) is 0 Å². The number of rotatable bonds is 6. The van der Waals surface area contributed by atoms with Gasteiger partial charge in [0.15, 0.2) is 0 Å². The third kappa shape index (κ3) is 4.79. The van der Waals surface area contributed by atoms with Crippen LogP contribution in [0.2, 0.25) is 0 Å². The minimum atomic E-state index is -0.155. The third-order valence-corrected chi connectivity index (χ3v) is 4.08. The SMILES string of the molecule is COc1ccc(/C=C/C(=O)NCc2ccnc(N3CCCC3)n2)cc1. The number of nitrogens with one attached hydrogen (secondary N) is 1. The number of nitrogens with zero attached hydrogens (tertiary/aromatic N) is 3. The summed E-state index contributed by atoms with van der Waals surface area (Å²) in [6.45, 7) is 2.38. The van der Waals surface area contributed by atoms with E-state index in [1.165, 1.54) is 18.9 Å². The average molecular weight is 338 g/mol. The molecule has 25 heavy (non-hydrogen) atoms. The van der Waals surface area contributed by atoms with Crippen molar-refractivity contribution in [2.45, 2.75) is 19.4 Å². The lowest BCUT2D eigenvalue weighted by atomic mass is 10.2. The standard InChI is InChI=1S/C19H22N4O2/c1-25-17-7-4-15(5-8-17)6-9-18(24)21-14-16-10-11-20-19(22-16)23-12-2-3-13-23/h4-11H,2-3,12-14H2,1H3,(H,21,24)/b9-6+. The van der Waals surface area contributed by atoms with E-state index < -0.39 is 0 Å². The Hall–Kier alpha value is -2.89. The van der Waals surface area contributed by atoms with Crippen molar-refractivity contribution in [3.05, 3.63) is 53.9 Å². The second-order valence-electron chi connectivity index (χ2n) is 5.87. The highest BCUT2D eigenvalue weighted by atomic mass is 16.5. The van der Waals surface area contributed by atoms with Crippen molar-refractivity contribution in [2.24, 2.45) is 0 Å². The lowest BCUT2D eigenvalue weighted by molar-refractivity contribution is -0.116. The van der Waals surface area contributed by atoms with Gasteiger partial charge >= 0.3 is 0 Å². The van der Waals surface area contributed by atoms with Crippen LogP contribution in [0.4, 0.5) is 5.95 Å². The molecular formula is C19H22N4O2. The molecule has 130 valence electrons. The maximum atomic E-state index is 12.0. The van der Waals surface area contributed by atoms with Crippen LogP contribution in [0.15, 0.2) is 42.6 Å². The number of hydrogen-bond acceptors (Lipinski definition) is 5. The molecule has 1 amide bonds. The number of carbonyl (C=O) groups excluding carboxylic acids is 1. The van der Waals surface area contributed by atoms with Crippen LogP contribution >= 0.6 is 0 Å². The molecule has 0 spiro atoms. The highest BCUT2D eigenvalue weighted by Gasteiger charge is 2.14. The van der Waals surface area contributed by atoms with Gasteiger partial charge in [-0.1, -0.05) is 12.1 Å². The van der Waals surface area contributed by atoms with E-state index in [0.717, 1.165) is 36.0 Å². The Balaban J connectivity index is 1.53. The summed E-state index contributed by atoms with van der Waals surface area (Å²) in [5.41, 5.74) is 1.75. The average Bonchev–Trinajstić information content (AvgIpc) is 3.20. The molecule has 1 saturated heterocycles. The Bertz CT molecular complexity index is 737. The van der Waals surface area contributed by atoms with Crippen molar-refractivity contribution in [2.75, 3.05) is 25.1 Å². The van der Waals surface area contributed by atoms with Gasteiger partial charge in [-0.3, -0.25) is 4.79 Å². The van der Waals surface area contributed by atoms with Crippen molar-refractivity contribution in [1.29, 1.82) is 0 Å². The number of hydrogen-bond donors (Lipinski definition) is 1. The van der Waals surface area contributed by atoms with Gasteiger partial charge in [0.25, 0.3) is 0 Å². The van der Waals surface area contributed by atoms with Crippen molar-refractivity contribution in [3.8, 4) is 5.75 Å². The number of methoxy groups -OCH3 is 1. The van der Waals surface area contributed by atoms with E-state index in [1.54, 1.807) is 19.4 Å². The van der Waals surface area contributed by atoms with Gasteiger partial charge < -0.3 is 15.0 Å². The quantitative estimate of drug-likeness (QED) is 0.819. The molecule has 1 aliphatic rings. The number of benzene rings is 1. The first-order valence-electron chi connectivity index (χ1n) is 8.41. The fourth-order valence-electron chi connectivity index (χ4n) is 2.68. The van der Waals surface area contributed by atoms with Gasteiger partial charge in [-0.15, -0.1) is 0 Å². The summed E-state index contributed by atoms with van der Waals surface area (Å²) < 4.78 is 5.11. The number of ether oxygens (including phenoxy) is 1. The summed E-state index contributed by atoms with van der Waals surface area (Å²) in [4.78, 5) is 23.0. The molecule has 0 radical (unpaired) electrons. The van der Waals surface area contributed by atoms with Gasteiger partial charge in [-0.25, -0.2) is 9.97 Å². The topological polar surface area (TPSA) is 67.3 Å². The second-order valence-corrected chi connectivity index (χ2v) is 5.87. The van der Waals surface area contributed by atoms with E-state index in [9.17, 15) is 4.79 Å². The largest absolute Gasteiger partial charge is 0.497 e. The molecular weight excluding hydrogens is 316 g/mol. The van der Waals surface area contributed by atoms with Crippen molar-refractivity contribution >= 4 is 17.9 Å². The van der Waals surface area contributed by atoms with Crippen molar-refractivity contribution < 1.29 is 9.53 Å². The zero-order valence-corrected chi connectivity index (χ0v) is 14.3. The molecule has 3 rings (SSSR count). The van der Waals surface area contributed by atoms with Crippen molar-refractivity contribution in [1.82, 2.24) is 15.3 Å². The first kappa shape index (κ1) is 17.0. The number of aromatic nitrogens is 2. The summed E-state index contributed by atoms with van der Waals surface area (Å²) in [5.74, 6) is 1.38. The molecule has 1 aliphatic heterocycles. The molecule has 1 aromatic heterocycles. The Kier molecular flexibility index (Phi) is 5.61. The van der Waals surface area contributed by atoms with Gasteiger partial charge in [0.2, 0.25) is 11.9 Å². The monoisotopic (exact) mass is 338 g/mol. The predicted octanol–water partition coefficient (Wildman–Crippen LogP) is 2.42. The fourth-order valence-corrected chi connectivity index (χ4v) is 2.68. The summed E-state index contributed by atoms with van der Waals surface area (Å²) in [5, 5.41) is 2.85. The van der Waals surface area contributed by atoms with Crippen LogP contribution in [0, 0.1) is 0 Å². The molecule has 1 aromatic carbocycles. The van der Waals surface area contributed by atoms with Crippen molar-refractivity contribution in [3.63, 3.8) is 0 Å². The van der Waals surface area contributed by atoms with Crippen LogP contribution in [0.25, 0.3) is 6.08 Å². The summed E-state index contributed by atoms with van der Waals surface area (Å²) >= 11 is 0. The van der Waals surface area contributed by atoms with Gasteiger partial charge in [0.1, 0.15) is 5.75 Å². The molecule has 0 atom stereocenters. The van der Waals surface area contributed by atoms with E-state index in [1.807, 2.05) is 30.3 Å². The summed E-state index contributed by atoms with van der Waals surface area (Å²) in [6.07, 6.45) is 7.39. The van der Waals surface area contributed by atoms with E-state index in [2.05, 4.69) is 20.2 Å². The van der Waals surface area contributed by atoms with Gasteiger partial charge in [-0.05, 0) is 42.7 Å². The van der Waals surface area contributed by atoms with Crippen LogP contribution in [-0.4, -0.2) is 36.1 Å². The minimum Gasteiger partial charge on any atom is -0.497 e. The summed E-state index contributed by atoms with van der Waals surface area (Å²) in [7, 11) is 1.63. The Labute approximate surface area is 147 Å². The minimum absolute atomic E-state index is 0.155. The van der Waals surface area contributed by atoms with Crippen LogP contribution in [0.3, 0.4) is 0 Å². The van der Waals surface area contributed by atoms with E-state index in [-0.39, 0.29) is 5.91 Å². The fraction of sp³-hybridized carbons (Fsp3) is 0.316.